The lowest BCUT2D eigenvalue weighted by Crippen LogP contribution is -2.51. The molecular formula is C13H25NO2S. The minimum Gasteiger partial charge on any atom is -0.459 e. The fourth-order valence-corrected chi connectivity index (χ4v) is 3.06. The predicted molar refractivity (Wildman–Crippen MR) is 73.4 cm³/mol. The smallest absolute Gasteiger partial charge is 0.323 e. The van der Waals surface area contributed by atoms with Gasteiger partial charge in [-0.05, 0) is 41.5 Å². The lowest BCUT2D eigenvalue weighted by Gasteiger charge is -2.40. The molecular weight excluding hydrogens is 234 g/mol. The van der Waals surface area contributed by atoms with E-state index in [4.69, 9.17) is 4.74 Å². The summed E-state index contributed by atoms with van der Waals surface area (Å²) in [5, 5.41) is 0. The molecule has 0 saturated carbocycles. The van der Waals surface area contributed by atoms with Gasteiger partial charge in [-0.3, -0.25) is 9.69 Å². The number of hydrogen-bond acceptors (Lipinski definition) is 4. The van der Waals surface area contributed by atoms with Crippen molar-refractivity contribution in [1.29, 1.82) is 0 Å². The van der Waals surface area contributed by atoms with Crippen molar-refractivity contribution >= 4 is 17.7 Å². The number of esters is 1. The molecule has 1 unspecified atom stereocenters. The van der Waals surface area contributed by atoms with Crippen LogP contribution in [-0.4, -0.2) is 46.1 Å². The molecule has 1 atom stereocenters. The maximum absolute atomic E-state index is 12.0. The van der Waals surface area contributed by atoms with Crippen molar-refractivity contribution in [3.63, 3.8) is 0 Å². The molecule has 0 radical (unpaired) electrons. The number of hydrogen-bond donors (Lipinski definition) is 0. The van der Waals surface area contributed by atoms with E-state index in [1.165, 1.54) is 0 Å². The van der Waals surface area contributed by atoms with Crippen molar-refractivity contribution in [3.8, 4) is 0 Å². The van der Waals surface area contributed by atoms with Crippen LogP contribution < -0.4 is 0 Å². The zero-order chi connectivity index (χ0) is 13.3. The zero-order valence-corrected chi connectivity index (χ0v) is 12.7. The van der Waals surface area contributed by atoms with Crippen molar-refractivity contribution in [2.45, 2.75) is 57.9 Å². The van der Waals surface area contributed by atoms with E-state index in [0.717, 1.165) is 18.8 Å². The molecule has 4 heteroatoms. The standard InChI is InChI=1S/C13H25NO2S/c1-10(11(15)16-12(2,3)4)14-7-8-17-13(5,6)9-14/h10H,7-9H2,1-6H3. The molecule has 1 aliphatic rings. The zero-order valence-electron chi connectivity index (χ0n) is 11.9. The number of carbonyl (C=O) groups excluding carboxylic acids is 1. The van der Waals surface area contributed by atoms with E-state index in [2.05, 4.69) is 18.7 Å². The van der Waals surface area contributed by atoms with E-state index in [9.17, 15) is 4.79 Å². The first-order chi connectivity index (χ1) is 7.61. The van der Waals surface area contributed by atoms with Crippen LogP contribution in [0.4, 0.5) is 0 Å². The van der Waals surface area contributed by atoms with Gasteiger partial charge in [-0.2, -0.15) is 11.8 Å². The summed E-state index contributed by atoms with van der Waals surface area (Å²) in [5.74, 6) is 0.973. The summed E-state index contributed by atoms with van der Waals surface area (Å²) < 4.78 is 5.66. The Hall–Kier alpha value is -0.220. The maximum atomic E-state index is 12.0. The second-order valence-corrected chi connectivity index (χ2v) is 8.09. The number of carbonyl (C=O) groups is 1. The molecule has 0 amide bonds. The highest BCUT2D eigenvalue weighted by atomic mass is 32.2. The van der Waals surface area contributed by atoms with Crippen molar-refractivity contribution in [2.24, 2.45) is 0 Å². The summed E-state index contributed by atoms with van der Waals surface area (Å²) in [6, 6.07) is -0.144. The van der Waals surface area contributed by atoms with E-state index >= 15 is 0 Å². The van der Waals surface area contributed by atoms with E-state index in [-0.39, 0.29) is 16.8 Å². The maximum Gasteiger partial charge on any atom is 0.323 e. The summed E-state index contributed by atoms with van der Waals surface area (Å²) in [5.41, 5.74) is -0.397. The molecule has 1 saturated heterocycles. The minimum atomic E-state index is -0.397. The van der Waals surface area contributed by atoms with E-state index in [1.807, 2.05) is 39.5 Å². The van der Waals surface area contributed by atoms with Gasteiger partial charge < -0.3 is 4.74 Å². The largest absolute Gasteiger partial charge is 0.459 e. The van der Waals surface area contributed by atoms with Gasteiger partial charge in [-0.15, -0.1) is 0 Å². The molecule has 1 aliphatic heterocycles. The second-order valence-electron chi connectivity index (χ2n) is 6.29. The van der Waals surface area contributed by atoms with Crippen molar-refractivity contribution in [2.75, 3.05) is 18.8 Å². The fourth-order valence-electron chi connectivity index (χ4n) is 1.92. The lowest BCUT2D eigenvalue weighted by atomic mass is 10.1. The Morgan fingerprint density at radius 1 is 1.41 bits per heavy atom. The molecule has 1 heterocycles. The first-order valence-electron chi connectivity index (χ1n) is 6.22. The number of rotatable bonds is 2. The Bertz CT molecular complexity index is 284. The molecule has 0 spiro atoms. The molecule has 0 bridgehead atoms. The Morgan fingerprint density at radius 2 is 2.00 bits per heavy atom. The monoisotopic (exact) mass is 259 g/mol. The summed E-state index contributed by atoms with van der Waals surface area (Å²) in [4.78, 5) is 14.2. The third-order valence-electron chi connectivity index (χ3n) is 2.75. The van der Waals surface area contributed by atoms with Crippen LogP contribution in [-0.2, 0) is 9.53 Å². The minimum absolute atomic E-state index is 0.111. The van der Waals surface area contributed by atoms with Crippen LogP contribution >= 0.6 is 11.8 Å². The molecule has 0 aromatic carbocycles. The molecule has 3 nitrogen and oxygen atoms in total. The Morgan fingerprint density at radius 3 is 2.47 bits per heavy atom. The summed E-state index contributed by atoms with van der Waals surface area (Å²) in [6.45, 7) is 14.0. The van der Waals surface area contributed by atoms with Crippen molar-refractivity contribution < 1.29 is 9.53 Å². The van der Waals surface area contributed by atoms with Gasteiger partial charge in [-0.25, -0.2) is 0 Å². The van der Waals surface area contributed by atoms with Crippen LogP contribution in [0.2, 0.25) is 0 Å². The van der Waals surface area contributed by atoms with Gasteiger partial charge in [0.05, 0.1) is 0 Å². The highest BCUT2D eigenvalue weighted by molar-refractivity contribution is 8.00. The van der Waals surface area contributed by atoms with Crippen molar-refractivity contribution in [3.05, 3.63) is 0 Å². The van der Waals surface area contributed by atoms with Crippen LogP contribution in [0.15, 0.2) is 0 Å². The molecule has 0 aromatic rings. The van der Waals surface area contributed by atoms with Crippen LogP contribution in [0.25, 0.3) is 0 Å². The molecule has 1 rings (SSSR count). The van der Waals surface area contributed by atoms with Gasteiger partial charge >= 0.3 is 5.97 Å². The molecule has 1 fully saturated rings. The van der Waals surface area contributed by atoms with Crippen LogP contribution in [0.1, 0.15) is 41.5 Å². The highest BCUT2D eigenvalue weighted by Crippen LogP contribution is 2.30. The van der Waals surface area contributed by atoms with Crippen LogP contribution in [0, 0.1) is 0 Å². The second kappa shape index (κ2) is 5.19. The average Bonchev–Trinajstić information content (AvgIpc) is 2.12. The quantitative estimate of drug-likeness (QED) is 0.713. The average molecular weight is 259 g/mol. The Kier molecular flexibility index (Phi) is 4.53. The molecule has 17 heavy (non-hydrogen) atoms. The summed E-state index contributed by atoms with van der Waals surface area (Å²) in [7, 11) is 0. The van der Waals surface area contributed by atoms with Gasteiger partial charge in [0.15, 0.2) is 0 Å². The number of thioether (sulfide) groups is 1. The van der Waals surface area contributed by atoms with E-state index in [0.29, 0.717) is 0 Å². The van der Waals surface area contributed by atoms with E-state index < -0.39 is 5.60 Å². The van der Waals surface area contributed by atoms with E-state index in [1.54, 1.807) is 0 Å². The van der Waals surface area contributed by atoms with Gasteiger partial charge in [-0.1, -0.05) is 0 Å². The normalized spacial score (nSPS) is 23.2. The lowest BCUT2D eigenvalue weighted by molar-refractivity contribution is -0.160. The third kappa shape index (κ3) is 4.88. The topological polar surface area (TPSA) is 29.5 Å². The number of nitrogens with zero attached hydrogens (tertiary/aromatic N) is 1. The summed E-state index contributed by atoms with van der Waals surface area (Å²) in [6.07, 6.45) is 0. The van der Waals surface area contributed by atoms with Crippen molar-refractivity contribution in [1.82, 2.24) is 4.90 Å². The van der Waals surface area contributed by atoms with Gasteiger partial charge in [0, 0.05) is 23.6 Å². The third-order valence-corrected chi connectivity index (χ3v) is 4.05. The fraction of sp³-hybridized carbons (Fsp3) is 0.923. The SMILES string of the molecule is CC(C(=O)OC(C)(C)C)N1CCSC(C)(C)C1. The molecule has 100 valence electrons. The van der Waals surface area contributed by atoms with Gasteiger partial charge in [0.25, 0.3) is 0 Å². The van der Waals surface area contributed by atoms with Gasteiger partial charge in [0.2, 0.25) is 0 Å². The highest BCUT2D eigenvalue weighted by Gasteiger charge is 2.33. The number of ether oxygens (including phenoxy) is 1. The Labute approximate surface area is 109 Å². The van der Waals surface area contributed by atoms with Crippen LogP contribution in [0.3, 0.4) is 0 Å². The van der Waals surface area contributed by atoms with Gasteiger partial charge in [0.1, 0.15) is 11.6 Å². The summed E-state index contributed by atoms with van der Waals surface area (Å²) >= 11 is 1.97. The van der Waals surface area contributed by atoms with Crippen LogP contribution in [0.5, 0.6) is 0 Å². The molecule has 0 N–H and O–H groups in total. The molecule has 0 aromatic heterocycles. The predicted octanol–water partition coefficient (Wildman–Crippen LogP) is 2.54. The Balaban J connectivity index is 2.57. The molecule has 0 aliphatic carbocycles. The first-order valence-corrected chi connectivity index (χ1v) is 7.20. The first kappa shape index (κ1) is 14.8.